The van der Waals surface area contributed by atoms with Gasteiger partial charge in [0.25, 0.3) is 0 Å². The summed E-state index contributed by atoms with van der Waals surface area (Å²) in [4.78, 5) is 21.0. The number of hydrogen-bond acceptors (Lipinski definition) is 4. The molecule has 15 heavy (non-hydrogen) atoms. The SMILES string of the molecule is Nc1ccc(OC(=O)CC(=O)O)cc1F. The molecule has 0 aliphatic heterocycles. The van der Waals surface area contributed by atoms with Crippen LogP contribution in [0.15, 0.2) is 18.2 Å². The Morgan fingerprint density at radius 1 is 1.47 bits per heavy atom. The van der Waals surface area contributed by atoms with Crippen molar-refractivity contribution in [1.29, 1.82) is 0 Å². The Balaban J connectivity index is 2.69. The quantitative estimate of drug-likeness (QED) is 0.335. The van der Waals surface area contributed by atoms with Crippen molar-refractivity contribution in [1.82, 2.24) is 0 Å². The Labute approximate surface area is 84.3 Å². The maximum atomic E-state index is 12.9. The lowest BCUT2D eigenvalue weighted by Crippen LogP contribution is -2.13. The van der Waals surface area contributed by atoms with Gasteiger partial charge in [0.05, 0.1) is 5.69 Å². The van der Waals surface area contributed by atoms with Gasteiger partial charge in [0, 0.05) is 6.07 Å². The van der Waals surface area contributed by atoms with Gasteiger partial charge in [-0.25, -0.2) is 4.39 Å². The summed E-state index contributed by atoms with van der Waals surface area (Å²) in [6, 6.07) is 3.41. The van der Waals surface area contributed by atoms with Gasteiger partial charge in [-0.05, 0) is 12.1 Å². The molecule has 3 N–H and O–H groups in total. The Bertz CT molecular complexity index is 405. The van der Waals surface area contributed by atoms with E-state index in [2.05, 4.69) is 4.74 Å². The molecule has 80 valence electrons. The predicted molar refractivity (Wildman–Crippen MR) is 48.7 cm³/mol. The number of hydrogen-bond donors (Lipinski definition) is 2. The fraction of sp³-hybridized carbons (Fsp3) is 0.111. The summed E-state index contributed by atoms with van der Waals surface area (Å²) >= 11 is 0. The second-order valence-electron chi connectivity index (χ2n) is 2.73. The maximum Gasteiger partial charge on any atom is 0.322 e. The van der Waals surface area contributed by atoms with Crippen LogP contribution in [0.2, 0.25) is 0 Å². The van der Waals surface area contributed by atoms with Crippen LogP contribution in [0.5, 0.6) is 5.75 Å². The van der Waals surface area contributed by atoms with Gasteiger partial charge in [-0.15, -0.1) is 0 Å². The smallest absolute Gasteiger partial charge is 0.322 e. The summed E-state index contributed by atoms with van der Waals surface area (Å²) < 4.78 is 17.4. The number of carbonyl (C=O) groups excluding carboxylic acids is 1. The summed E-state index contributed by atoms with van der Waals surface area (Å²) in [6.45, 7) is 0. The van der Waals surface area contributed by atoms with Crippen LogP contribution >= 0.6 is 0 Å². The van der Waals surface area contributed by atoms with Gasteiger partial charge in [0.1, 0.15) is 18.0 Å². The summed E-state index contributed by atoms with van der Waals surface area (Å²) in [5.41, 5.74) is 5.11. The Kier molecular flexibility index (Phi) is 3.22. The highest BCUT2D eigenvalue weighted by atomic mass is 19.1. The van der Waals surface area contributed by atoms with Gasteiger partial charge in [-0.3, -0.25) is 9.59 Å². The predicted octanol–water partition coefficient (Wildman–Crippen LogP) is 0.788. The number of anilines is 1. The molecule has 0 heterocycles. The Morgan fingerprint density at radius 3 is 2.67 bits per heavy atom. The molecule has 6 heteroatoms. The molecule has 0 aliphatic carbocycles. The molecular formula is C9H8FNO4. The molecule has 0 radical (unpaired) electrons. The van der Waals surface area contributed by atoms with Gasteiger partial charge >= 0.3 is 11.9 Å². The van der Waals surface area contributed by atoms with Gasteiger partial charge < -0.3 is 15.6 Å². The van der Waals surface area contributed by atoms with Crippen LogP contribution in [0.3, 0.4) is 0 Å². The highest BCUT2D eigenvalue weighted by Crippen LogP contribution is 2.18. The van der Waals surface area contributed by atoms with E-state index in [-0.39, 0.29) is 11.4 Å². The number of esters is 1. The van der Waals surface area contributed by atoms with Crippen molar-refractivity contribution in [3.8, 4) is 5.75 Å². The summed E-state index contributed by atoms with van der Waals surface area (Å²) in [7, 11) is 0. The first-order valence-electron chi connectivity index (χ1n) is 3.96. The van der Waals surface area contributed by atoms with E-state index in [4.69, 9.17) is 10.8 Å². The van der Waals surface area contributed by atoms with Gasteiger partial charge in [0.15, 0.2) is 0 Å². The monoisotopic (exact) mass is 213 g/mol. The van der Waals surface area contributed by atoms with Crippen LogP contribution in [0, 0.1) is 5.82 Å². The number of nitrogens with two attached hydrogens (primary N) is 1. The Morgan fingerprint density at radius 2 is 2.13 bits per heavy atom. The van der Waals surface area contributed by atoms with Crippen molar-refractivity contribution in [2.45, 2.75) is 6.42 Å². The second kappa shape index (κ2) is 4.41. The molecule has 0 aliphatic rings. The maximum absolute atomic E-state index is 12.9. The normalized spacial score (nSPS) is 9.67. The Hall–Kier alpha value is -2.11. The third-order valence-corrected chi connectivity index (χ3v) is 1.50. The van der Waals surface area contributed by atoms with Crippen molar-refractivity contribution >= 4 is 17.6 Å². The molecule has 0 atom stereocenters. The second-order valence-corrected chi connectivity index (χ2v) is 2.73. The number of ether oxygens (including phenoxy) is 1. The van der Waals surface area contributed by atoms with E-state index >= 15 is 0 Å². The molecule has 1 aromatic rings. The van der Waals surface area contributed by atoms with Crippen LogP contribution in [0.25, 0.3) is 0 Å². The molecule has 0 fully saturated rings. The van der Waals surface area contributed by atoms with E-state index in [1.807, 2.05) is 0 Å². The molecular weight excluding hydrogens is 205 g/mol. The van der Waals surface area contributed by atoms with E-state index < -0.39 is 24.2 Å². The lowest BCUT2D eigenvalue weighted by molar-refractivity contribution is -0.145. The van der Waals surface area contributed by atoms with Crippen LogP contribution < -0.4 is 10.5 Å². The number of carbonyl (C=O) groups is 2. The van der Waals surface area contributed by atoms with Crippen molar-refractivity contribution in [2.75, 3.05) is 5.73 Å². The molecule has 0 amide bonds. The van der Waals surface area contributed by atoms with Crippen molar-refractivity contribution < 1.29 is 23.8 Å². The molecule has 1 aromatic carbocycles. The fourth-order valence-electron chi connectivity index (χ4n) is 0.862. The van der Waals surface area contributed by atoms with E-state index in [1.54, 1.807) is 0 Å². The van der Waals surface area contributed by atoms with Crippen molar-refractivity contribution in [3.63, 3.8) is 0 Å². The highest BCUT2D eigenvalue weighted by molar-refractivity contribution is 5.91. The standard InChI is InChI=1S/C9H8FNO4/c10-6-3-5(1-2-7(6)11)15-9(14)4-8(12)13/h1-3H,4,11H2,(H,12,13). The highest BCUT2D eigenvalue weighted by Gasteiger charge is 2.10. The zero-order valence-electron chi connectivity index (χ0n) is 7.57. The van der Waals surface area contributed by atoms with Gasteiger partial charge in [-0.2, -0.15) is 0 Å². The zero-order chi connectivity index (χ0) is 11.4. The van der Waals surface area contributed by atoms with Crippen LogP contribution in [-0.2, 0) is 9.59 Å². The lowest BCUT2D eigenvalue weighted by atomic mass is 10.3. The molecule has 0 saturated heterocycles. The largest absolute Gasteiger partial charge is 0.481 e. The van der Waals surface area contributed by atoms with E-state index in [1.165, 1.54) is 12.1 Å². The molecule has 0 saturated carbocycles. The summed E-state index contributed by atoms with van der Waals surface area (Å²) in [5.74, 6) is -3.08. The van der Waals surface area contributed by atoms with Crippen molar-refractivity contribution in [2.24, 2.45) is 0 Å². The number of carboxylic acid groups (broad SMARTS) is 1. The topological polar surface area (TPSA) is 89.6 Å². The summed E-state index contributed by atoms with van der Waals surface area (Å²) in [5, 5.41) is 8.27. The molecule has 0 unspecified atom stereocenters. The number of aliphatic carboxylic acids is 1. The number of benzene rings is 1. The minimum atomic E-state index is -1.31. The van der Waals surface area contributed by atoms with Crippen LogP contribution in [-0.4, -0.2) is 17.0 Å². The first kappa shape index (κ1) is 11.0. The number of nitrogen functional groups attached to an aromatic ring is 1. The first-order valence-corrected chi connectivity index (χ1v) is 3.96. The van der Waals surface area contributed by atoms with Crippen LogP contribution in [0.4, 0.5) is 10.1 Å². The third-order valence-electron chi connectivity index (χ3n) is 1.50. The summed E-state index contributed by atoms with van der Waals surface area (Å²) in [6.07, 6.45) is -0.772. The first-order chi connectivity index (χ1) is 6.99. The van der Waals surface area contributed by atoms with E-state index in [0.717, 1.165) is 6.07 Å². The molecule has 0 aromatic heterocycles. The van der Waals surface area contributed by atoms with Crippen LogP contribution in [0.1, 0.15) is 6.42 Å². The molecule has 0 spiro atoms. The number of carboxylic acids is 1. The third kappa shape index (κ3) is 3.26. The molecule has 1 rings (SSSR count). The van der Waals surface area contributed by atoms with E-state index in [9.17, 15) is 14.0 Å². The average molecular weight is 213 g/mol. The van der Waals surface area contributed by atoms with E-state index in [0.29, 0.717) is 0 Å². The van der Waals surface area contributed by atoms with Crippen molar-refractivity contribution in [3.05, 3.63) is 24.0 Å². The zero-order valence-corrected chi connectivity index (χ0v) is 7.57. The molecule has 5 nitrogen and oxygen atoms in total. The minimum absolute atomic E-state index is 0.0759. The molecule has 0 bridgehead atoms. The fourth-order valence-corrected chi connectivity index (χ4v) is 0.862. The lowest BCUT2D eigenvalue weighted by Gasteiger charge is -2.03. The van der Waals surface area contributed by atoms with Gasteiger partial charge in [-0.1, -0.05) is 0 Å². The number of rotatable bonds is 3. The van der Waals surface area contributed by atoms with Gasteiger partial charge in [0.2, 0.25) is 0 Å². The minimum Gasteiger partial charge on any atom is -0.481 e. The number of halogens is 1. The average Bonchev–Trinajstić information content (AvgIpc) is 2.10.